The van der Waals surface area contributed by atoms with Gasteiger partial charge in [-0.1, -0.05) is 53.8 Å². The molecule has 2 heterocycles. The summed E-state index contributed by atoms with van der Waals surface area (Å²) in [4.78, 5) is 19.7. The average Bonchev–Trinajstić information content (AvgIpc) is 3.26. The van der Waals surface area contributed by atoms with Crippen LogP contribution in [0, 0.1) is 0 Å². The first-order chi connectivity index (χ1) is 18.6. The topological polar surface area (TPSA) is 62.0 Å². The Kier molecular flexibility index (Phi) is 6.37. The third-order valence-corrected chi connectivity index (χ3v) is 8.07. The summed E-state index contributed by atoms with van der Waals surface area (Å²) >= 11 is 1.42. The summed E-state index contributed by atoms with van der Waals surface area (Å²) in [7, 11) is 3.21. The van der Waals surface area contributed by atoms with Gasteiger partial charge in [-0.2, -0.15) is 0 Å². The van der Waals surface area contributed by atoms with Crippen molar-refractivity contribution < 1.29 is 14.2 Å². The molecule has 38 heavy (non-hydrogen) atoms. The monoisotopic (exact) mass is 524 g/mol. The van der Waals surface area contributed by atoms with Crippen molar-refractivity contribution in [3.05, 3.63) is 114 Å². The summed E-state index contributed by atoms with van der Waals surface area (Å²) in [6.45, 7) is 2.58. The van der Waals surface area contributed by atoms with Crippen molar-refractivity contribution in [3.63, 3.8) is 0 Å². The van der Waals surface area contributed by atoms with Gasteiger partial charge >= 0.3 is 0 Å². The van der Waals surface area contributed by atoms with Crippen LogP contribution in [0.1, 0.15) is 41.6 Å². The first kappa shape index (κ1) is 24.2. The lowest BCUT2D eigenvalue weighted by atomic mass is 9.83. The zero-order valence-electron chi connectivity index (χ0n) is 21.6. The van der Waals surface area contributed by atoms with E-state index < -0.39 is 0 Å². The van der Waals surface area contributed by atoms with Gasteiger partial charge in [-0.25, -0.2) is 4.99 Å². The van der Waals surface area contributed by atoms with Crippen molar-refractivity contribution in [1.29, 1.82) is 0 Å². The zero-order chi connectivity index (χ0) is 26.2. The number of aryl methyl sites for hydroxylation is 1. The molecule has 0 saturated heterocycles. The number of rotatable bonds is 6. The minimum atomic E-state index is -0.224. The summed E-state index contributed by atoms with van der Waals surface area (Å²) in [5, 5.41) is 0. The Morgan fingerprint density at radius 3 is 2.55 bits per heavy atom. The number of benzene rings is 3. The van der Waals surface area contributed by atoms with Gasteiger partial charge < -0.3 is 14.2 Å². The van der Waals surface area contributed by atoms with Crippen LogP contribution in [0.15, 0.2) is 82.1 Å². The molecule has 6 rings (SSSR count). The molecule has 0 radical (unpaired) electrons. The van der Waals surface area contributed by atoms with Gasteiger partial charge in [0, 0.05) is 5.56 Å². The molecule has 1 aliphatic carbocycles. The van der Waals surface area contributed by atoms with Crippen molar-refractivity contribution in [2.75, 3.05) is 20.8 Å². The molecule has 0 spiro atoms. The van der Waals surface area contributed by atoms with Crippen LogP contribution >= 0.6 is 11.3 Å². The maximum absolute atomic E-state index is 13.9. The molecule has 3 aromatic carbocycles. The second kappa shape index (κ2) is 9.99. The number of ether oxygens (including phenoxy) is 3. The number of nitrogens with zero attached hydrogens (tertiary/aromatic N) is 2. The molecule has 0 amide bonds. The third kappa shape index (κ3) is 4.13. The van der Waals surface area contributed by atoms with Gasteiger partial charge in [0.1, 0.15) is 5.75 Å². The average molecular weight is 525 g/mol. The van der Waals surface area contributed by atoms with E-state index in [4.69, 9.17) is 19.2 Å². The maximum Gasteiger partial charge on any atom is 0.271 e. The van der Waals surface area contributed by atoms with Crippen molar-refractivity contribution in [1.82, 2.24) is 4.57 Å². The quantitative estimate of drug-likeness (QED) is 0.366. The number of hydrogen-bond donors (Lipinski definition) is 0. The van der Waals surface area contributed by atoms with Crippen LogP contribution in [0.5, 0.6) is 17.2 Å². The van der Waals surface area contributed by atoms with Gasteiger partial charge in [0.05, 0.1) is 37.1 Å². The van der Waals surface area contributed by atoms with E-state index in [1.54, 1.807) is 14.2 Å². The molecule has 6 nitrogen and oxygen atoms in total. The van der Waals surface area contributed by atoms with E-state index in [1.165, 1.54) is 22.5 Å². The maximum atomic E-state index is 13.9. The van der Waals surface area contributed by atoms with E-state index in [-0.39, 0.29) is 11.6 Å². The molecule has 7 heteroatoms. The first-order valence-corrected chi connectivity index (χ1v) is 13.5. The Labute approximate surface area is 224 Å². The summed E-state index contributed by atoms with van der Waals surface area (Å²) in [5.74, 6) is 2.08. The lowest BCUT2D eigenvalue weighted by Crippen LogP contribution is -2.38. The standard InChI is InChI=1S/C31H28N2O4S/c1-4-37-22-13-10-21(11-14-22)29-24-15-12-20-7-5-6-8-23(20)28(24)32-31-33(29)30(34)27(38-31)18-19-9-16-25(35-2)26(17-19)36-3/h5-11,13-14,16-18,29H,4,12,15H2,1-3H3. The summed E-state index contributed by atoms with van der Waals surface area (Å²) < 4.78 is 19.0. The Bertz CT molecular complexity index is 1730. The Hall–Kier alpha value is -4.10. The molecule has 1 unspecified atom stereocenters. The highest BCUT2D eigenvalue weighted by Gasteiger charge is 2.32. The van der Waals surface area contributed by atoms with E-state index >= 15 is 0 Å². The summed E-state index contributed by atoms with van der Waals surface area (Å²) in [5.41, 5.74) is 6.48. The fourth-order valence-corrected chi connectivity index (χ4v) is 6.33. The first-order valence-electron chi connectivity index (χ1n) is 12.7. The molecule has 0 bridgehead atoms. The van der Waals surface area contributed by atoms with Crippen molar-refractivity contribution in [3.8, 4) is 17.2 Å². The van der Waals surface area contributed by atoms with Crippen molar-refractivity contribution in [2.45, 2.75) is 25.8 Å². The molecule has 4 aromatic rings. The van der Waals surface area contributed by atoms with E-state index in [1.807, 2.05) is 47.9 Å². The zero-order valence-corrected chi connectivity index (χ0v) is 22.4. The molecular formula is C31H28N2O4S. The molecule has 1 aromatic heterocycles. The minimum absolute atomic E-state index is 0.0483. The molecule has 0 N–H and O–H groups in total. The lowest BCUT2D eigenvalue weighted by molar-refractivity contribution is 0.340. The van der Waals surface area contributed by atoms with Crippen LogP contribution in [0.4, 0.5) is 0 Å². The highest BCUT2D eigenvalue weighted by atomic mass is 32.1. The molecule has 1 atom stereocenters. The molecule has 0 fully saturated rings. The van der Waals surface area contributed by atoms with Crippen molar-refractivity contribution in [2.24, 2.45) is 4.99 Å². The normalized spacial score (nSPS) is 16.3. The van der Waals surface area contributed by atoms with Crippen LogP contribution in [0.3, 0.4) is 0 Å². The van der Waals surface area contributed by atoms with Crippen LogP contribution in [0.25, 0.3) is 11.8 Å². The Morgan fingerprint density at radius 1 is 1.00 bits per heavy atom. The second-order valence-electron chi connectivity index (χ2n) is 9.23. The predicted molar refractivity (Wildman–Crippen MR) is 150 cm³/mol. The SMILES string of the molecule is CCOc1ccc(C2C3=C(N=c4sc(=Cc5ccc(OC)c(OC)c5)c(=O)n42)c2ccccc2CC3)cc1. The Morgan fingerprint density at radius 2 is 1.79 bits per heavy atom. The predicted octanol–water partition coefficient (Wildman–Crippen LogP) is 4.73. The Balaban J connectivity index is 1.55. The number of thiazole rings is 1. The number of allylic oxidation sites excluding steroid dienone is 1. The van der Waals surface area contributed by atoms with Gasteiger partial charge in [0.2, 0.25) is 0 Å². The molecule has 2 aliphatic rings. The highest BCUT2D eigenvalue weighted by molar-refractivity contribution is 7.07. The fourth-order valence-electron chi connectivity index (χ4n) is 5.33. The van der Waals surface area contributed by atoms with E-state index in [2.05, 4.69) is 36.4 Å². The number of hydrogen-bond acceptors (Lipinski definition) is 6. The van der Waals surface area contributed by atoms with E-state index in [0.29, 0.717) is 27.4 Å². The van der Waals surface area contributed by atoms with Crippen molar-refractivity contribution >= 4 is 23.1 Å². The smallest absolute Gasteiger partial charge is 0.271 e. The minimum Gasteiger partial charge on any atom is -0.494 e. The molecule has 192 valence electrons. The number of methoxy groups -OCH3 is 2. The van der Waals surface area contributed by atoms with E-state index in [0.717, 1.165) is 41.0 Å². The van der Waals surface area contributed by atoms with Crippen LogP contribution in [-0.4, -0.2) is 25.4 Å². The molecular weight excluding hydrogens is 496 g/mol. The van der Waals surface area contributed by atoms with Gasteiger partial charge in [-0.3, -0.25) is 9.36 Å². The summed E-state index contributed by atoms with van der Waals surface area (Å²) in [6.07, 6.45) is 3.68. The largest absolute Gasteiger partial charge is 0.494 e. The number of aromatic nitrogens is 1. The van der Waals surface area contributed by atoms with Gasteiger partial charge in [-0.05, 0) is 72.4 Å². The lowest BCUT2D eigenvalue weighted by Gasteiger charge is -2.30. The van der Waals surface area contributed by atoms with E-state index in [9.17, 15) is 4.79 Å². The van der Waals surface area contributed by atoms with Gasteiger partial charge in [0.25, 0.3) is 5.56 Å². The summed E-state index contributed by atoms with van der Waals surface area (Å²) in [6, 6.07) is 22.0. The van der Waals surface area contributed by atoms with Crippen LogP contribution < -0.4 is 29.1 Å². The fraction of sp³-hybridized carbons (Fsp3) is 0.226. The van der Waals surface area contributed by atoms with Gasteiger partial charge in [0.15, 0.2) is 16.3 Å². The molecule has 1 aliphatic heterocycles. The number of fused-ring (bicyclic) bond motifs is 3. The van der Waals surface area contributed by atoms with Crippen LogP contribution in [-0.2, 0) is 6.42 Å². The van der Waals surface area contributed by atoms with Crippen LogP contribution in [0.2, 0.25) is 0 Å². The second-order valence-corrected chi connectivity index (χ2v) is 10.2. The van der Waals surface area contributed by atoms with Gasteiger partial charge in [-0.15, -0.1) is 0 Å². The molecule has 0 saturated carbocycles. The third-order valence-electron chi connectivity index (χ3n) is 7.09. The highest BCUT2D eigenvalue weighted by Crippen LogP contribution is 2.41.